The van der Waals surface area contributed by atoms with Gasteiger partial charge in [-0.3, -0.25) is 0 Å². The second kappa shape index (κ2) is 12.8. The van der Waals surface area contributed by atoms with Gasteiger partial charge < -0.3 is 15.5 Å². The van der Waals surface area contributed by atoms with Crippen molar-refractivity contribution >= 4 is 28.6 Å². The van der Waals surface area contributed by atoms with Crippen LogP contribution < -0.4 is 15.5 Å². The van der Waals surface area contributed by atoms with Crippen LogP contribution >= 0.6 is 0 Å². The maximum absolute atomic E-state index is 5.02. The van der Waals surface area contributed by atoms with E-state index < -0.39 is 0 Å². The van der Waals surface area contributed by atoms with Gasteiger partial charge in [-0.05, 0) is 47.2 Å². The molecule has 0 radical (unpaired) electrons. The molecular weight excluding hydrogens is 504 g/mol. The number of benzene rings is 4. The zero-order valence-corrected chi connectivity index (χ0v) is 23.7. The van der Waals surface area contributed by atoms with Crippen LogP contribution in [-0.2, 0) is 13.1 Å². The Balaban J connectivity index is 1.35. The highest BCUT2D eigenvalue weighted by atomic mass is 15.3. The van der Waals surface area contributed by atoms with Gasteiger partial charge in [0.1, 0.15) is 0 Å². The van der Waals surface area contributed by atoms with Crippen LogP contribution in [0.5, 0.6) is 0 Å². The summed E-state index contributed by atoms with van der Waals surface area (Å²) < 4.78 is 0. The quantitative estimate of drug-likeness (QED) is 0.186. The number of nitrogens with zero attached hydrogens (tertiary/aromatic N) is 4. The number of hydrogen-bond acceptors (Lipinski definition) is 6. The van der Waals surface area contributed by atoms with E-state index in [0.29, 0.717) is 37.0 Å². The maximum atomic E-state index is 5.02. The van der Waals surface area contributed by atoms with Crippen LogP contribution in [-0.4, -0.2) is 21.0 Å². The van der Waals surface area contributed by atoms with Crippen LogP contribution in [0.15, 0.2) is 103 Å². The molecule has 1 fully saturated rings. The molecule has 41 heavy (non-hydrogen) atoms. The van der Waals surface area contributed by atoms with Crippen LogP contribution in [0.1, 0.15) is 61.8 Å². The van der Waals surface area contributed by atoms with Gasteiger partial charge in [-0.25, -0.2) is 0 Å². The molecule has 6 nitrogen and oxygen atoms in total. The molecule has 1 aliphatic carbocycles. The predicted octanol–water partition coefficient (Wildman–Crippen LogP) is 8.15. The molecule has 2 N–H and O–H groups in total. The van der Waals surface area contributed by atoms with Crippen LogP contribution in [0.4, 0.5) is 17.8 Å². The van der Waals surface area contributed by atoms with Gasteiger partial charge in [-0.2, -0.15) is 15.0 Å². The van der Waals surface area contributed by atoms with Crippen molar-refractivity contribution < 1.29 is 0 Å². The van der Waals surface area contributed by atoms with Gasteiger partial charge in [-0.1, -0.05) is 122 Å². The lowest BCUT2D eigenvalue weighted by Gasteiger charge is -2.26. The molecule has 1 atom stereocenters. The molecule has 0 spiro atoms. The Morgan fingerprint density at radius 3 is 2.00 bits per heavy atom. The molecule has 1 heterocycles. The summed E-state index contributed by atoms with van der Waals surface area (Å²) in [5.41, 5.74) is 3.64. The first-order valence-corrected chi connectivity index (χ1v) is 14.8. The third kappa shape index (κ3) is 6.83. The molecule has 1 saturated carbocycles. The minimum Gasteiger partial charge on any atom is -0.351 e. The highest BCUT2D eigenvalue weighted by Crippen LogP contribution is 2.28. The highest BCUT2D eigenvalue weighted by Gasteiger charge is 2.20. The third-order valence-corrected chi connectivity index (χ3v) is 7.91. The van der Waals surface area contributed by atoms with E-state index in [0.717, 1.165) is 12.8 Å². The zero-order valence-electron chi connectivity index (χ0n) is 23.7. The van der Waals surface area contributed by atoms with Crippen molar-refractivity contribution in [3.63, 3.8) is 0 Å². The van der Waals surface area contributed by atoms with Crippen molar-refractivity contribution in [2.75, 3.05) is 15.5 Å². The molecule has 0 bridgehead atoms. The largest absolute Gasteiger partial charge is 0.351 e. The van der Waals surface area contributed by atoms with Crippen molar-refractivity contribution in [2.45, 2.75) is 64.2 Å². The summed E-state index contributed by atoms with van der Waals surface area (Å²) in [4.78, 5) is 17.2. The normalized spacial score (nSPS) is 14.5. The SMILES string of the molecule is C[C@@H](Nc1nc(NC2CCCCC2)nc(N(Cc2ccccc2)Cc2ccccc2)n1)c1cccc2ccccc12. The molecule has 0 unspecified atom stereocenters. The van der Waals surface area contributed by atoms with Crippen molar-refractivity contribution in [3.05, 3.63) is 120 Å². The average molecular weight is 543 g/mol. The lowest BCUT2D eigenvalue weighted by atomic mass is 9.96. The summed E-state index contributed by atoms with van der Waals surface area (Å²) >= 11 is 0. The fourth-order valence-electron chi connectivity index (χ4n) is 5.77. The fraction of sp³-hybridized carbons (Fsp3) is 0.286. The Morgan fingerprint density at radius 2 is 1.29 bits per heavy atom. The van der Waals surface area contributed by atoms with Gasteiger partial charge in [0, 0.05) is 19.1 Å². The van der Waals surface area contributed by atoms with E-state index in [2.05, 4.69) is 126 Å². The number of rotatable bonds is 10. The first-order valence-electron chi connectivity index (χ1n) is 14.8. The van der Waals surface area contributed by atoms with E-state index in [1.54, 1.807) is 0 Å². The summed E-state index contributed by atoms with van der Waals surface area (Å²) in [6.07, 6.45) is 6.08. The lowest BCUT2D eigenvalue weighted by Crippen LogP contribution is -2.28. The Labute approximate surface area is 242 Å². The van der Waals surface area contributed by atoms with E-state index in [4.69, 9.17) is 15.0 Å². The molecule has 0 saturated heterocycles. The van der Waals surface area contributed by atoms with Crippen LogP contribution in [0.25, 0.3) is 10.8 Å². The maximum Gasteiger partial charge on any atom is 0.232 e. The fourth-order valence-corrected chi connectivity index (χ4v) is 5.77. The zero-order chi connectivity index (χ0) is 27.9. The molecule has 4 aromatic carbocycles. The summed E-state index contributed by atoms with van der Waals surface area (Å²) in [6, 6.07) is 36.4. The number of anilines is 3. The highest BCUT2D eigenvalue weighted by molar-refractivity contribution is 5.86. The van der Waals surface area contributed by atoms with Crippen molar-refractivity contribution in [3.8, 4) is 0 Å². The third-order valence-electron chi connectivity index (χ3n) is 7.91. The molecular formula is C35H38N6. The standard InChI is InChI=1S/C35H38N6/c1-26(31-23-13-19-29-18-11-12-22-32(29)31)36-33-38-34(37-30-20-9-4-10-21-30)40-35(39-33)41(24-27-14-5-2-6-15-27)25-28-16-7-3-8-17-28/h2-3,5-8,11-19,22-23,26,30H,4,9-10,20-21,24-25H2,1H3,(H2,36,37,38,39,40)/t26-/m1/s1. The van der Waals surface area contributed by atoms with E-state index >= 15 is 0 Å². The van der Waals surface area contributed by atoms with Gasteiger partial charge in [-0.15, -0.1) is 0 Å². The number of hydrogen-bond donors (Lipinski definition) is 2. The molecule has 0 amide bonds. The van der Waals surface area contributed by atoms with Crippen LogP contribution in [0, 0.1) is 0 Å². The van der Waals surface area contributed by atoms with Gasteiger partial charge in [0.2, 0.25) is 17.8 Å². The molecule has 1 aliphatic rings. The monoisotopic (exact) mass is 542 g/mol. The minimum atomic E-state index is 0.00979. The molecule has 208 valence electrons. The Bertz CT molecular complexity index is 1500. The second-order valence-electron chi connectivity index (χ2n) is 11.0. The second-order valence-corrected chi connectivity index (χ2v) is 11.0. The summed E-state index contributed by atoms with van der Waals surface area (Å²) in [6.45, 7) is 3.56. The first kappa shape index (κ1) is 26.8. The molecule has 1 aromatic heterocycles. The van der Waals surface area contributed by atoms with Crippen LogP contribution in [0.3, 0.4) is 0 Å². The molecule has 6 heteroatoms. The summed E-state index contributed by atoms with van der Waals surface area (Å²) in [5.74, 6) is 1.89. The smallest absolute Gasteiger partial charge is 0.232 e. The van der Waals surface area contributed by atoms with E-state index in [9.17, 15) is 0 Å². The molecule has 6 rings (SSSR count). The predicted molar refractivity (Wildman–Crippen MR) is 169 cm³/mol. The minimum absolute atomic E-state index is 0.00979. The van der Waals surface area contributed by atoms with Gasteiger partial charge in [0.15, 0.2) is 0 Å². The van der Waals surface area contributed by atoms with Gasteiger partial charge >= 0.3 is 0 Å². The average Bonchev–Trinajstić information content (AvgIpc) is 3.02. The number of nitrogens with one attached hydrogen (secondary N) is 2. The summed E-state index contributed by atoms with van der Waals surface area (Å²) in [7, 11) is 0. The number of fused-ring (bicyclic) bond motifs is 1. The lowest BCUT2D eigenvalue weighted by molar-refractivity contribution is 0.460. The van der Waals surface area contributed by atoms with E-state index in [-0.39, 0.29) is 6.04 Å². The first-order chi connectivity index (χ1) is 20.2. The molecule has 5 aromatic rings. The number of aromatic nitrogens is 3. The summed E-state index contributed by atoms with van der Waals surface area (Å²) in [5, 5.41) is 9.74. The van der Waals surface area contributed by atoms with Gasteiger partial charge in [0.05, 0.1) is 6.04 Å². The Hall–Kier alpha value is -4.45. The Morgan fingerprint density at radius 1 is 0.683 bits per heavy atom. The van der Waals surface area contributed by atoms with E-state index in [1.807, 2.05) is 0 Å². The van der Waals surface area contributed by atoms with Crippen LogP contribution in [0.2, 0.25) is 0 Å². The van der Waals surface area contributed by atoms with E-state index in [1.165, 1.54) is 46.7 Å². The van der Waals surface area contributed by atoms with Gasteiger partial charge in [0.25, 0.3) is 0 Å². The topological polar surface area (TPSA) is 66.0 Å². The molecule has 0 aliphatic heterocycles. The van der Waals surface area contributed by atoms with Crippen molar-refractivity contribution in [1.82, 2.24) is 15.0 Å². The Kier molecular flexibility index (Phi) is 8.36. The van der Waals surface area contributed by atoms with Crippen molar-refractivity contribution in [2.24, 2.45) is 0 Å². The van der Waals surface area contributed by atoms with Crippen molar-refractivity contribution in [1.29, 1.82) is 0 Å².